The Morgan fingerprint density at radius 1 is 1.26 bits per heavy atom. The molecule has 0 amide bonds. The molecule has 0 radical (unpaired) electrons. The third kappa shape index (κ3) is 3.88. The van der Waals surface area contributed by atoms with Crippen molar-refractivity contribution in [1.82, 2.24) is 0 Å². The molecular formula is C15H22O4. The summed E-state index contributed by atoms with van der Waals surface area (Å²) in [5.74, 6) is 0.0477. The van der Waals surface area contributed by atoms with Crippen LogP contribution in [-0.4, -0.2) is 16.4 Å². The number of hydrogen-bond acceptors (Lipinski definition) is 3. The lowest BCUT2D eigenvalue weighted by atomic mass is 9.97. The molecule has 4 heteroatoms. The zero-order valence-electron chi connectivity index (χ0n) is 11.8. The van der Waals surface area contributed by atoms with Gasteiger partial charge in [0.15, 0.2) is 11.5 Å². The number of aromatic hydroxyl groups is 1. The zero-order chi connectivity index (χ0) is 14.4. The molecule has 0 heterocycles. The van der Waals surface area contributed by atoms with E-state index in [1.54, 1.807) is 6.92 Å². The normalized spacial score (nSPS) is 10.5. The maximum absolute atomic E-state index is 10.7. The number of rotatable bonds is 6. The van der Waals surface area contributed by atoms with Crippen LogP contribution in [0.25, 0.3) is 0 Å². The van der Waals surface area contributed by atoms with Crippen LogP contribution in [0.1, 0.15) is 49.8 Å². The topological polar surface area (TPSA) is 66.8 Å². The van der Waals surface area contributed by atoms with Gasteiger partial charge in [-0.1, -0.05) is 32.8 Å². The number of phenolic OH excluding ortho intramolecular Hbond substituents is 1. The van der Waals surface area contributed by atoms with Crippen LogP contribution in [0.5, 0.6) is 11.5 Å². The number of ether oxygens (including phenoxy) is 1. The summed E-state index contributed by atoms with van der Waals surface area (Å²) in [4.78, 5) is 10.7. The fraction of sp³-hybridized carbons (Fsp3) is 0.533. The molecule has 0 bridgehead atoms. The van der Waals surface area contributed by atoms with Crippen LogP contribution in [-0.2, 0) is 12.8 Å². The van der Waals surface area contributed by atoms with Gasteiger partial charge in [0.25, 0.3) is 0 Å². The summed E-state index contributed by atoms with van der Waals surface area (Å²) in [5, 5.41) is 18.9. The predicted molar refractivity (Wildman–Crippen MR) is 74.1 cm³/mol. The largest absolute Gasteiger partial charge is 0.511 e. The molecule has 0 atom stereocenters. The monoisotopic (exact) mass is 266 g/mol. The smallest absolute Gasteiger partial charge is 0.504 e. The van der Waals surface area contributed by atoms with Gasteiger partial charge >= 0.3 is 6.16 Å². The van der Waals surface area contributed by atoms with Crippen LogP contribution in [0.2, 0.25) is 0 Å². The lowest BCUT2D eigenvalue weighted by Crippen LogP contribution is -2.07. The number of benzene rings is 1. The summed E-state index contributed by atoms with van der Waals surface area (Å²) >= 11 is 0. The lowest BCUT2D eigenvalue weighted by Gasteiger charge is -2.15. The van der Waals surface area contributed by atoms with Crippen LogP contribution in [0.4, 0.5) is 4.79 Å². The molecule has 1 aromatic rings. The molecule has 0 aromatic heterocycles. The number of carbonyl (C=O) groups is 1. The molecule has 4 nitrogen and oxygen atoms in total. The van der Waals surface area contributed by atoms with Gasteiger partial charge in [-0.2, -0.15) is 0 Å². The van der Waals surface area contributed by atoms with Crippen molar-refractivity contribution in [3.63, 3.8) is 0 Å². The molecule has 0 spiro atoms. The van der Waals surface area contributed by atoms with E-state index >= 15 is 0 Å². The fourth-order valence-corrected chi connectivity index (χ4v) is 2.18. The van der Waals surface area contributed by atoms with Crippen LogP contribution in [0, 0.1) is 6.92 Å². The Morgan fingerprint density at radius 3 is 2.47 bits per heavy atom. The minimum Gasteiger partial charge on any atom is -0.504 e. The molecule has 1 aromatic carbocycles. The molecule has 0 aliphatic carbocycles. The molecule has 0 saturated carbocycles. The summed E-state index contributed by atoms with van der Waals surface area (Å²) in [6.45, 7) is 5.90. The standard InChI is InChI=1S/C15H22O4/c1-4-6-7-8-12-9-11(5-2)10(3)13(16)14(12)19-15(17)18/h9,16H,4-8H2,1-3H3,(H,17,18). The molecule has 0 fully saturated rings. The molecule has 0 aliphatic heterocycles. The van der Waals surface area contributed by atoms with Gasteiger partial charge in [-0.05, 0) is 42.9 Å². The minimum absolute atomic E-state index is 0.0479. The number of hydrogen-bond donors (Lipinski definition) is 2. The highest BCUT2D eigenvalue weighted by atomic mass is 16.7. The van der Waals surface area contributed by atoms with Gasteiger partial charge in [0, 0.05) is 0 Å². The summed E-state index contributed by atoms with van der Waals surface area (Å²) in [7, 11) is 0. The fourth-order valence-electron chi connectivity index (χ4n) is 2.18. The van der Waals surface area contributed by atoms with Gasteiger partial charge in [0.1, 0.15) is 0 Å². The second kappa shape index (κ2) is 7.02. The van der Waals surface area contributed by atoms with Crippen LogP contribution in [0.15, 0.2) is 6.07 Å². The Balaban J connectivity index is 3.15. The van der Waals surface area contributed by atoms with Crippen molar-refractivity contribution in [2.75, 3.05) is 0 Å². The van der Waals surface area contributed by atoms with Crippen LogP contribution >= 0.6 is 0 Å². The van der Waals surface area contributed by atoms with Crippen molar-refractivity contribution in [2.45, 2.75) is 52.9 Å². The van der Waals surface area contributed by atoms with E-state index in [1.807, 2.05) is 13.0 Å². The van der Waals surface area contributed by atoms with E-state index in [0.29, 0.717) is 5.56 Å². The zero-order valence-corrected chi connectivity index (χ0v) is 11.8. The van der Waals surface area contributed by atoms with Crippen molar-refractivity contribution in [1.29, 1.82) is 0 Å². The average molecular weight is 266 g/mol. The third-order valence-corrected chi connectivity index (χ3v) is 3.31. The molecule has 0 unspecified atom stereocenters. The number of carboxylic acid groups (broad SMARTS) is 1. The van der Waals surface area contributed by atoms with Gasteiger partial charge in [0.05, 0.1) is 0 Å². The lowest BCUT2D eigenvalue weighted by molar-refractivity contribution is 0.142. The predicted octanol–water partition coefficient (Wildman–Crippen LogP) is 4.05. The maximum atomic E-state index is 10.7. The van der Waals surface area contributed by atoms with E-state index in [4.69, 9.17) is 9.84 Å². The van der Waals surface area contributed by atoms with E-state index in [0.717, 1.165) is 43.2 Å². The van der Waals surface area contributed by atoms with Gasteiger partial charge in [0.2, 0.25) is 0 Å². The average Bonchev–Trinajstić information content (AvgIpc) is 2.37. The Bertz CT molecular complexity index is 452. The molecule has 1 rings (SSSR count). The Labute approximate surface area is 114 Å². The third-order valence-electron chi connectivity index (χ3n) is 3.31. The number of unbranched alkanes of at least 4 members (excludes halogenated alkanes) is 2. The number of aryl methyl sites for hydroxylation is 2. The second-order valence-electron chi connectivity index (χ2n) is 4.68. The van der Waals surface area contributed by atoms with E-state index in [9.17, 15) is 9.90 Å². The van der Waals surface area contributed by atoms with Crippen molar-refractivity contribution in [2.24, 2.45) is 0 Å². The van der Waals surface area contributed by atoms with Crippen LogP contribution in [0.3, 0.4) is 0 Å². The molecule has 0 saturated heterocycles. The Hall–Kier alpha value is -1.71. The van der Waals surface area contributed by atoms with Gasteiger partial charge in [-0.15, -0.1) is 0 Å². The first-order valence-electron chi connectivity index (χ1n) is 6.76. The molecule has 19 heavy (non-hydrogen) atoms. The SMILES string of the molecule is CCCCCc1cc(CC)c(C)c(O)c1OC(=O)O. The van der Waals surface area contributed by atoms with E-state index in [1.165, 1.54) is 0 Å². The van der Waals surface area contributed by atoms with E-state index in [-0.39, 0.29) is 11.5 Å². The quantitative estimate of drug-likeness (QED) is 0.463. The van der Waals surface area contributed by atoms with Crippen molar-refractivity contribution in [3.05, 3.63) is 22.8 Å². The highest BCUT2D eigenvalue weighted by Gasteiger charge is 2.17. The molecular weight excluding hydrogens is 244 g/mol. The summed E-state index contributed by atoms with van der Waals surface area (Å²) < 4.78 is 4.75. The van der Waals surface area contributed by atoms with Gasteiger partial charge in [-0.25, -0.2) is 4.79 Å². The summed E-state index contributed by atoms with van der Waals surface area (Å²) in [6, 6.07) is 1.95. The minimum atomic E-state index is -1.39. The van der Waals surface area contributed by atoms with Crippen LogP contribution < -0.4 is 4.74 Å². The van der Waals surface area contributed by atoms with Crippen molar-refractivity contribution >= 4 is 6.16 Å². The first-order valence-corrected chi connectivity index (χ1v) is 6.76. The first kappa shape index (κ1) is 15.3. The van der Waals surface area contributed by atoms with Gasteiger partial charge in [-0.3, -0.25) is 0 Å². The van der Waals surface area contributed by atoms with E-state index in [2.05, 4.69) is 6.92 Å². The highest BCUT2D eigenvalue weighted by molar-refractivity contribution is 5.66. The van der Waals surface area contributed by atoms with Crippen molar-refractivity contribution < 1.29 is 19.7 Å². The summed E-state index contributed by atoms with van der Waals surface area (Å²) in [5.41, 5.74) is 2.50. The molecule has 106 valence electrons. The molecule has 0 aliphatic rings. The van der Waals surface area contributed by atoms with Crippen molar-refractivity contribution in [3.8, 4) is 11.5 Å². The Morgan fingerprint density at radius 2 is 1.95 bits per heavy atom. The highest BCUT2D eigenvalue weighted by Crippen LogP contribution is 2.37. The summed E-state index contributed by atoms with van der Waals surface area (Å²) in [6.07, 6.45) is 3.25. The maximum Gasteiger partial charge on any atom is 0.511 e. The first-order chi connectivity index (χ1) is 9.01. The van der Waals surface area contributed by atoms with E-state index < -0.39 is 6.16 Å². The number of phenols is 1. The van der Waals surface area contributed by atoms with Gasteiger partial charge < -0.3 is 14.9 Å². The Kier molecular flexibility index (Phi) is 5.67. The second-order valence-corrected chi connectivity index (χ2v) is 4.68. The molecule has 2 N–H and O–H groups in total.